The summed E-state index contributed by atoms with van der Waals surface area (Å²) in [6.07, 6.45) is 16.9. The second-order valence-electron chi connectivity index (χ2n) is 33.2. The predicted molar refractivity (Wildman–Crippen MR) is 547 cm³/mol. The van der Waals surface area contributed by atoms with Crippen molar-refractivity contribution in [3.05, 3.63) is 333 Å². The number of aliphatic carboxylic acids is 1. The fourth-order valence-electron chi connectivity index (χ4n) is 14.4. The van der Waals surface area contributed by atoms with Gasteiger partial charge in [-0.25, -0.2) is 32.9 Å². The number of aromatic nitrogens is 8. The summed E-state index contributed by atoms with van der Waals surface area (Å²) in [5, 5.41) is 14.7. The Hall–Kier alpha value is -11.7. The number of amides is 4. The predicted octanol–water partition coefficient (Wildman–Crippen LogP) is 21.4. The summed E-state index contributed by atoms with van der Waals surface area (Å²) in [7, 11) is -11.1. The zero-order chi connectivity index (χ0) is 100. The van der Waals surface area contributed by atoms with Crippen LogP contribution in [0.15, 0.2) is 256 Å². The van der Waals surface area contributed by atoms with Gasteiger partial charge in [-0.15, -0.1) is 0 Å². The number of ketones is 1. The Kier molecular flexibility index (Phi) is 43.0. The molecule has 2 fully saturated rings. The summed E-state index contributed by atoms with van der Waals surface area (Å²) in [5.41, 5.74) is 19.1. The maximum atomic E-state index is 13.1. The van der Waals surface area contributed by atoms with Gasteiger partial charge in [-0.3, -0.25) is 62.4 Å². The second kappa shape index (κ2) is 54.0. The average molecular weight is 1990 g/mol. The van der Waals surface area contributed by atoms with Gasteiger partial charge in [-0.1, -0.05) is 252 Å². The van der Waals surface area contributed by atoms with Crippen molar-refractivity contribution in [3.63, 3.8) is 0 Å². The lowest BCUT2D eigenvalue weighted by atomic mass is 9.78. The van der Waals surface area contributed by atoms with Crippen LogP contribution >= 0.6 is 57.6 Å². The molecule has 726 valence electrons. The Labute approximate surface area is 823 Å². The SMILES string of the molecule is CCCP1(=O)OP(=O)(CCC)OP(=O)(CCC)O1.CCN(CC)CC.Cc1ccccc1C(=O)N1CCc2cc(-c3cncc(NC(=O)Cc4ccccc4)n3)ccc21.Cc1ccccc1C(=O)N1CCc2cc(B3OC(C)(C)C(C)(C)O3)ccc21.Nc1cncc(Cl)n1.O=C(Cc1ccccc1)Cc1cncc(Cl)n1.O=C(Cc1ccccc1)Nc1cncc(Cl)n1.O=C(O)Cc1ccccc1. The lowest BCUT2D eigenvalue weighted by Gasteiger charge is -2.33. The fourth-order valence-corrected chi connectivity index (χ4v) is 24.2. The summed E-state index contributed by atoms with van der Waals surface area (Å²) in [6, 6.07) is 65.4. The van der Waals surface area contributed by atoms with E-state index in [0.29, 0.717) is 84.3 Å². The highest BCUT2D eigenvalue weighted by molar-refractivity contribution is 7.80. The van der Waals surface area contributed by atoms with E-state index in [1.165, 1.54) is 56.2 Å². The third-order valence-corrected chi connectivity index (χ3v) is 31.4. The van der Waals surface area contributed by atoms with Gasteiger partial charge in [-0.05, 0) is 174 Å². The van der Waals surface area contributed by atoms with Crippen LogP contribution < -0.4 is 31.6 Å². The number of halogens is 3. The number of rotatable bonds is 25. The molecule has 4 aliphatic rings. The number of hydrogen-bond acceptors (Lipinski definition) is 24. The van der Waals surface area contributed by atoms with Crippen LogP contribution in [0.3, 0.4) is 0 Å². The first-order valence-electron chi connectivity index (χ1n) is 45.5. The molecule has 0 unspecified atom stereocenters. The van der Waals surface area contributed by atoms with Gasteiger partial charge in [-0.2, -0.15) is 0 Å². The van der Waals surface area contributed by atoms with Crippen LogP contribution in [0.2, 0.25) is 15.5 Å². The van der Waals surface area contributed by atoms with Crippen LogP contribution in [-0.2, 0) is 100 Å². The number of carbonyl (C=O) groups excluding carboxylic acids is 5. The molecular formula is C102H119BCl3N14O15P3. The van der Waals surface area contributed by atoms with E-state index in [1.807, 2.05) is 206 Å². The Morgan fingerprint density at radius 3 is 1.23 bits per heavy atom. The van der Waals surface area contributed by atoms with E-state index in [0.717, 1.165) is 85.3 Å². The van der Waals surface area contributed by atoms with Gasteiger partial charge in [0.2, 0.25) is 11.8 Å². The van der Waals surface area contributed by atoms with Crippen molar-refractivity contribution in [2.24, 2.45) is 0 Å². The molecule has 0 atom stereocenters. The van der Waals surface area contributed by atoms with Gasteiger partial charge in [0.05, 0.1) is 110 Å². The first-order valence-corrected chi connectivity index (χ1v) is 51.8. The van der Waals surface area contributed by atoms with Crippen molar-refractivity contribution < 1.29 is 69.8 Å². The van der Waals surface area contributed by atoms with Crippen LogP contribution in [0.1, 0.15) is 159 Å². The molecule has 0 bridgehead atoms. The number of anilines is 5. The van der Waals surface area contributed by atoms with E-state index in [-0.39, 0.29) is 90.6 Å². The number of nitrogens with two attached hydrogens (primary N) is 1. The summed E-state index contributed by atoms with van der Waals surface area (Å²) >= 11 is 16.8. The minimum atomic E-state index is -3.57. The van der Waals surface area contributed by atoms with E-state index >= 15 is 0 Å². The molecule has 4 aromatic heterocycles. The molecule has 0 radical (unpaired) electrons. The number of nitrogen functional groups attached to an aromatic ring is 1. The second-order valence-corrected chi connectivity index (χ2v) is 41.3. The molecule has 8 aromatic carbocycles. The van der Waals surface area contributed by atoms with Gasteiger partial charge in [0.25, 0.3) is 11.8 Å². The number of carboxylic acid groups (broad SMARTS) is 1. The lowest BCUT2D eigenvalue weighted by Crippen LogP contribution is -2.41. The molecular weight excluding hydrogens is 1870 g/mol. The minimum Gasteiger partial charge on any atom is -0.481 e. The number of aryl methyl sites for hydroxylation is 2. The molecule has 5 N–H and O–H groups in total. The average Bonchev–Trinajstić information content (AvgIpc) is 1.42. The number of Topliss-reactive ketones (excluding diaryl/α,β-unsaturated/α-hetero) is 1. The minimum absolute atomic E-state index is 0.0208. The number of nitrogens with one attached hydrogen (secondary N) is 2. The monoisotopic (exact) mass is 1990 g/mol. The van der Waals surface area contributed by atoms with Crippen molar-refractivity contribution in [1.82, 2.24) is 44.8 Å². The fraction of sp³-hybridized carbons (Fsp3) is 0.314. The Morgan fingerprint density at radius 2 is 0.833 bits per heavy atom. The number of fused-ring (bicyclic) bond motifs is 2. The topological polar surface area (TPSA) is 383 Å². The highest BCUT2D eigenvalue weighted by Gasteiger charge is 2.53. The third-order valence-electron chi connectivity index (χ3n) is 21.9. The molecule has 138 heavy (non-hydrogen) atoms. The highest BCUT2D eigenvalue weighted by atomic mass is 35.5. The smallest absolute Gasteiger partial charge is 0.481 e. The van der Waals surface area contributed by atoms with Crippen LogP contribution in [0.4, 0.5) is 28.8 Å². The standard InChI is InChI=1S/C28H24N4O2.C22H26BNO3.C13H11ClN2O.C12H10ClN3O.C9H21O6P3.C8H8O2.C6H15N.C4H4ClN3/c1-19-7-5-6-10-23(19)28(34)32-14-13-22-16-21(11-12-25(22)32)24-17-29-18-26(30-24)31-27(33)15-20-8-3-2-4-9-20;1-15-8-6-7-9-18(15)20(25)24-13-12-16-14-17(10-11-19(16)24)23-26-21(2,3)22(4,5)27-23;14-13-9-15-8-11(16-13)7-12(17)6-10-4-2-1-3-5-10;13-10-7-14-8-11(15-10)16-12(17)6-9-4-2-1-3-5-9;1-4-7-16(10)13-17(11,8-5-2)15-18(12,14-16)9-6-3;9-8(10)6-7-4-2-1-3-5-7;1-4-7(5-2)6-3;5-3-1-7-2-4(6)8-3/h2-12,16-18H,13-15H2,1H3,(H,30,31,33);6-11,14H,12-13H2,1-5H3;1-5,8-9H,6-7H2;1-5,7-8H,6H2,(H,15,16,17);4-9H2,1-3H3;1-5H,6H2,(H,9,10);4-6H2,1-3H3;1-2H,(H2,6,8). The molecule has 0 saturated carbocycles. The zero-order valence-corrected chi connectivity index (χ0v) is 84.6. The Balaban J connectivity index is 0.000000185. The lowest BCUT2D eigenvalue weighted by molar-refractivity contribution is -0.136. The summed E-state index contributed by atoms with van der Waals surface area (Å²) in [5.74, 6) is 0.234. The number of hydrogen-bond donors (Lipinski definition) is 4. The van der Waals surface area contributed by atoms with E-state index in [9.17, 15) is 42.5 Å². The molecule has 29 nitrogen and oxygen atoms in total. The van der Waals surface area contributed by atoms with E-state index in [2.05, 4.69) is 116 Å². The van der Waals surface area contributed by atoms with Crippen molar-refractivity contribution >= 4 is 134 Å². The van der Waals surface area contributed by atoms with Crippen molar-refractivity contribution in [2.45, 2.75) is 158 Å². The molecule has 4 amide bonds. The van der Waals surface area contributed by atoms with Gasteiger partial charge in [0.15, 0.2) is 11.6 Å². The van der Waals surface area contributed by atoms with Crippen LogP contribution in [-0.4, -0.2) is 155 Å². The summed E-state index contributed by atoms with van der Waals surface area (Å²) in [4.78, 5) is 110. The highest BCUT2D eigenvalue weighted by Crippen LogP contribution is 2.82. The normalized spacial score (nSPS) is 16.5. The van der Waals surface area contributed by atoms with Gasteiger partial charge in [0, 0.05) is 53.8 Å². The Morgan fingerprint density at radius 1 is 0.449 bits per heavy atom. The van der Waals surface area contributed by atoms with Crippen LogP contribution in [0.5, 0.6) is 0 Å². The van der Waals surface area contributed by atoms with Gasteiger partial charge in [0.1, 0.15) is 27.1 Å². The maximum Gasteiger partial charge on any atom is 0.494 e. The maximum absolute atomic E-state index is 13.1. The first-order chi connectivity index (χ1) is 66.0. The zero-order valence-electron chi connectivity index (χ0n) is 79.7. The number of nitrogens with zero attached hydrogens (tertiary/aromatic N) is 11. The van der Waals surface area contributed by atoms with Crippen LogP contribution in [0.25, 0.3) is 11.3 Å². The number of carbonyl (C=O) groups is 6. The first kappa shape index (κ1) is 110. The van der Waals surface area contributed by atoms with E-state index < -0.39 is 28.8 Å². The van der Waals surface area contributed by atoms with Crippen LogP contribution in [0, 0.1) is 13.8 Å². The van der Waals surface area contributed by atoms with Gasteiger partial charge >= 0.3 is 35.9 Å². The molecule has 2 saturated heterocycles. The Bertz CT molecular complexity index is 5980. The summed E-state index contributed by atoms with van der Waals surface area (Å²) < 4.78 is 64.6. The van der Waals surface area contributed by atoms with Crippen molar-refractivity contribution in [3.8, 4) is 11.3 Å². The molecule has 0 spiro atoms. The third kappa shape index (κ3) is 34.7. The molecule has 16 rings (SSSR count). The molecule has 8 heterocycles. The molecule has 4 aliphatic heterocycles. The number of benzene rings is 8. The van der Waals surface area contributed by atoms with Crippen molar-refractivity contribution in [1.29, 1.82) is 0 Å². The molecule has 0 aliphatic carbocycles. The number of carboxylic acids is 1. The van der Waals surface area contributed by atoms with Crippen molar-refractivity contribution in [2.75, 3.05) is 77.4 Å². The molecule has 12 aromatic rings. The largest absolute Gasteiger partial charge is 0.494 e. The molecule has 36 heteroatoms. The summed E-state index contributed by atoms with van der Waals surface area (Å²) in [6.45, 7) is 29.1. The quantitative estimate of drug-likeness (QED) is 0.0305. The van der Waals surface area contributed by atoms with Gasteiger partial charge < -0.3 is 45.5 Å². The van der Waals surface area contributed by atoms with E-state index in [4.69, 9.17) is 67.9 Å². The van der Waals surface area contributed by atoms with E-state index in [1.54, 1.807) is 51.5 Å².